The van der Waals surface area contributed by atoms with Gasteiger partial charge < -0.3 is 15.9 Å². The van der Waals surface area contributed by atoms with E-state index < -0.39 is 18.0 Å². The zero-order valence-electron chi connectivity index (χ0n) is 10.7. The van der Waals surface area contributed by atoms with Crippen LogP contribution in [0.15, 0.2) is 0 Å². The molecule has 4 N–H and O–H groups in total. The highest BCUT2D eigenvalue weighted by atomic mass is 16.4. The lowest BCUT2D eigenvalue weighted by atomic mass is 9.86. The van der Waals surface area contributed by atoms with E-state index in [1.165, 1.54) is 0 Å². The van der Waals surface area contributed by atoms with Gasteiger partial charge in [0.1, 0.15) is 0 Å². The topological polar surface area (TPSA) is 83.5 Å². The van der Waals surface area contributed by atoms with Crippen molar-refractivity contribution in [1.82, 2.24) is 0 Å². The Bertz CT molecular complexity index is 216. The van der Waals surface area contributed by atoms with E-state index in [-0.39, 0.29) is 18.4 Å². The van der Waals surface area contributed by atoms with Crippen molar-refractivity contribution in [2.75, 3.05) is 0 Å². The first-order valence-corrected chi connectivity index (χ1v) is 5.92. The van der Waals surface area contributed by atoms with Gasteiger partial charge >= 0.3 is 5.97 Å². The number of aliphatic hydroxyl groups excluding tert-OH is 1. The fraction of sp³-hybridized carbons (Fsp3) is 0.917. The Morgan fingerprint density at radius 3 is 2.00 bits per heavy atom. The van der Waals surface area contributed by atoms with E-state index in [1.807, 2.05) is 27.7 Å². The molecule has 0 saturated carbocycles. The number of hydrogen-bond donors (Lipinski definition) is 3. The Morgan fingerprint density at radius 1 is 1.19 bits per heavy atom. The second kappa shape index (κ2) is 6.86. The van der Waals surface area contributed by atoms with Gasteiger partial charge in [-0.2, -0.15) is 0 Å². The van der Waals surface area contributed by atoms with Crippen LogP contribution in [-0.4, -0.2) is 28.3 Å². The maximum absolute atomic E-state index is 11.0. The molecule has 0 aliphatic heterocycles. The summed E-state index contributed by atoms with van der Waals surface area (Å²) in [5.41, 5.74) is 5.82. The molecule has 3 unspecified atom stereocenters. The zero-order chi connectivity index (χ0) is 12.9. The molecule has 3 atom stereocenters. The normalized spacial score (nSPS) is 17.5. The third-order valence-corrected chi connectivity index (χ3v) is 2.86. The minimum atomic E-state index is -0.856. The first-order chi connectivity index (χ1) is 7.25. The van der Waals surface area contributed by atoms with Crippen LogP contribution in [0.4, 0.5) is 0 Å². The average molecular weight is 231 g/mol. The lowest BCUT2D eigenvalue weighted by molar-refractivity contribution is -0.144. The van der Waals surface area contributed by atoms with Gasteiger partial charge in [0.05, 0.1) is 12.0 Å². The fourth-order valence-electron chi connectivity index (χ4n) is 1.79. The molecule has 0 spiro atoms. The van der Waals surface area contributed by atoms with Crippen LogP contribution in [0.25, 0.3) is 0 Å². The maximum atomic E-state index is 11.0. The Hall–Kier alpha value is -0.610. The predicted octanol–water partition coefficient (Wildman–Crippen LogP) is 1.47. The SMILES string of the molecule is CC(C)CC(N)C(O)CC(C(=O)O)C(C)C. The quantitative estimate of drug-likeness (QED) is 0.619. The minimum absolute atomic E-state index is 0.0124. The summed E-state index contributed by atoms with van der Waals surface area (Å²) in [4.78, 5) is 11.0. The van der Waals surface area contributed by atoms with E-state index in [4.69, 9.17) is 10.8 Å². The van der Waals surface area contributed by atoms with Gasteiger partial charge in [-0.25, -0.2) is 0 Å². The smallest absolute Gasteiger partial charge is 0.306 e. The first-order valence-electron chi connectivity index (χ1n) is 5.92. The van der Waals surface area contributed by atoms with Crippen LogP contribution >= 0.6 is 0 Å². The highest BCUT2D eigenvalue weighted by molar-refractivity contribution is 5.70. The largest absolute Gasteiger partial charge is 0.481 e. The molecule has 0 aromatic rings. The third kappa shape index (κ3) is 5.47. The minimum Gasteiger partial charge on any atom is -0.481 e. The second-order valence-corrected chi connectivity index (χ2v) is 5.29. The molecular weight excluding hydrogens is 206 g/mol. The van der Waals surface area contributed by atoms with Gasteiger partial charge in [-0.1, -0.05) is 27.7 Å². The number of carboxylic acids is 1. The van der Waals surface area contributed by atoms with Crippen molar-refractivity contribution in [3.05, 3.63) is 0 Å². The molecule has 0 radical (unpaired) electrons. The molecule has 0 rings (SSSR count). The lowest BCUT2D eigenvalue weighted by Crippen LogP contribution is -2.39. The number of rotatable bonds is 7. The van der Waals surface area contributed by atoms with E-state index in [1.54, 1.807) is 0 Å². The van der Waals surface area contributed by atoms with Crippen LogP contribution in [0.5, 0.6) is 0 Å². The molecule has 0 heterocycles. The van der Waals surface area contributed by atoms with Gasteiger partial charge in [0.15, 0.2) is 0 Å². The number of carboxylic acid groups (broad SMARTS) is 1. The van der Waals surface area contributed by atoms with Gasteiger partial charge in [0.2, 0.25) is 0 Å². The molecule has 16 heavy (non-hydrogen) atoms. The molecule has 0 aliphatic carbocycles. The van der Waals surface area contributed by atoms with E-state index in [2.05, 4.69) is 0 Å². The van der Waals surface area contributed by atoms with E-state index in [0.717, 1.165) is 0 Å². The molecule has 4 heteroatoms. The molecule has 0 bridgehead atoms. The van der Waals surface area contributed by atoms with Crippen molar-refractivity contribution in [2.45, 2.75) is 52.7 Å². The summed E-state index contributed by atoms with van der Waals surface area (Å²) in [6.07, 6.45) is 0.220. The summed E-state index contributed by atoms with van der Waals surface area (Å²) in [5.74, 6) is -0.954. The monoisotopic (exact) mass is 231 g/mol. The van der Waals surface area contributed by atoms with Crippen LogP contribution < -0.4 is 5.73 Å². The Labute approximate surface area is 97.8 Å². The van der Waals surface area contributed by atoms with Gasteiger partial charge in [-0.3, -0.25) is 4.79 Å². The second-order valence-electron chi connectivity index (χ2n) is 5.29. The van der Waals surface area contributed by atoms with Gasteiger partial charge in [-0.05, 0) is 24.7 Å². The number of hydrogen-bond acceptors (Lipinski definition) is 3. The fourth-order valence-corrected chi connectivity index (χ4v) is 1.79. The van der Waals surface area contributed by atoms with Crippen molar-refractivity contribution in [2.24, 2.45) is 23.5 Å². The summed E-state index contributed by atoms with van der Waals surface area (Å²) in [6.45, 7) is 7.76. The van der Waals surface area contributed by atoms with E-state index in [0.29, 0.717) is 12.3 Å². The molecular formula is C12H25NO3. The average Bonchev–Trinajstić information content (AvgIpc) is 2.11. The third-order valence-electron chi connectivity index (χ3n) is 2.86. The van der Waals surface area contributed by atoms with Crippen LogP contribution in [0.1, 0.15) is 40.5 Å². The van der Waals surface area contributed by atoms with E-state index in [9.17, 15) is 9.90 Å². The first kappa shape index (κ1) is 15.4. The summed E-state index contributed by atoms with van der Waals surface area (Å²) in [5, 5.41) is 18.9. The van der Waals surface area contributed by atoms with Crippen molar-refractivity contribution >= 4 is 5.97 Å². The number of aliphatic hydroxyl groups is 1. The van der Waals surface area contributed by atoms with Gasteiger partial charge in [-0.15, -0.1) is 0 Å². The van der Waals surface area contributed by atoms with Crippen molar-refractivity contribution in [3.8, 4) is 0 Å². The number of nitrogens with two attached hydrogens (primary N) is 1. The number of aliphatic carboxylic acids is 1. The summed E-state index contributed by atoms with van der Waals surface area (Å²) >= 11 is 0. The zero-order valence-corrected chi connectivity index (χ0v) is 10.7. The molecule has 0 fully saturated rings. The van der Waals surface area contributed by atoms with Crippen molar-refractivity contribution in [1.29, 1.82) is 0 Å². The van der Waals surface area contributed by atoms with Gasteiger partial charge in [0, 0.05) is 6.04 Å². The molecule has 0 aliphatic rings. The van der Waals surface area contributed by atoms with Crippen LogP contribution in [0.2, 0.25) is 0 Å². The Morgan fingerprint density at radius 2 is 1.69 bits per heavy atom. The predicted molar refractivity (Wildman–Crippen MR) is 64.0 cm³/mol. The molecule has 4 nitrogen and oxygen atoms in total. The van der Waals surface area contributed by atoms with Crippen molar-refractivity contribution in [3.63, 3.8) is 0 Å². The molecule has 0 aromatic heterocycles. The highest BCUT2D eigenvalue weighted by Gasteiger charge is 2.27. The molecule has 0 saturated heterocycles. The van der Waals surface area contributed by atoms with Crippen LogP contribution in [0.3, 0.4) is 0 Å². The maximum Gasteiger partial charge on any atom is 0.306 e. The van der Waals surface area contributed by atoms with Crippen molar-refractivity contribution < 1.29 is 15.0 Å². The van der Waals surface area contributed by atoms with Crippen LogP contribution in [-0.2, 0) is 4.79 Å². The lowest BCUT2D eigenvalue weighted by Gasteiger charge is -2.25. The highest BCUT2D eigenvalue weighted by Crippen LogP contribution is 2.20. The molecule has 0 amide bonds. The molecule has 96 valence electrons. The number of carbonyl (C=O) groups is 1. The van der Waals surface area contributed by atoms with Gasteiger partial charge in [0.25, 0.3) is 0 Å². The Balaban J connectivity index is 4.28. The summed E-state index contributed by atoms with van der Waals surface area (Å²) < 4.78 is 0. The summed E-state index contributed by atoms with van der Waals surface area (Å²) in [6, 6.07) is -0.333. The van der Waals surface area contributed by atoms with Crippen LogP contribution in [0, 0.1) is 17.8 Å². The van der Waals surface area contributed by atoms with E-state index >= 15 is 0 Å². The standard InChI is InChI=1S/C12H25NO3/c1-7(2)5-10(13)11(14)6-9(8(3)4)12(15)16/h7-11,14H,5-6,13H2,1-4H3,(H,15,16). The molecule has 0 aromatic carbocycles. The Kier molecular flexibility index (Phi) is 6.60. The summed E-state index contributed by atoms with van der Waals surface area (Å²) in [7, 11) is 0.